The molecular weight excluding hydrogens is 196 g/mol. The maximum atomic E-state index is 12.1. The first-order chi connectivity index (χ1) is 7.59. The Morgan fingerprint density at radius 2 is 1.75 bits per heavy atom. The van der Waals surface area contributed by atoms with Gasteiger partial charge in [0, 0.05) is 17.4 Å². The summed E-state index contributed by atoms with van der Waals surface area (Å²) in [5.74, 6) is 2.35. The lowest BCUT2D eigenvalue weighted by Gasteiger charge is -2.57. The molecule has 4 atom stereocenters. The summed E-state index contributed by atoms with van der Waals surface area (Å²) in [5, 5.41) is 0. The van der Waals surface area contributed by atoms with Crippen LogP contribution in [0, 0.1) is 17.8 Å². The van der Waals surface area contributed by atoms with E-state index in [1.807, 2.05) is 12.1 Å². The fraction of sp³-hybridized carbons (Fsp3) is 0.533. The van der Waals surface area contributed by atoms with Gasteiger partial charge in [-0.1, -0.05) is 45.0 Å². The number of rotatable bonds is 0. The number of carbonyl (C=O) groups is 1. The predicted octanol–water partition coefficient (Wildman–Crippen LogP) is 3.43. The molecule has 0 saturated heterocycles. The molecule has 16 heavy (non-hydrogen) atoms. The van der Waals surface area contributed by atoms with Gasteiger partial charge in [0.25, 0.3) is 0 Å². The van der Waals surface area contributed by atoms with Crippen molar-refractivity contribution in [3.8, 4) is 0 Å². The largest absolute Gasteiger partial charge is 0.294 e. The van der Waals surface area contributed by atoms with Gasteiger partial charge in [0.15, 0.2) is 5.78 Å². The fourth-order valence-electron chi connectivity index (χ4n) is 4.07. The predicted molar refractivity (Wildman–Crippen MR) is 64.6 cm³/mol. The molecule has 1 heteroatoms. The molecule has 2 aliphatic rings. The normalized spacial score (nSPS) is 40.9. The number of Topliss-reactive ketones (excluding diaryl/α,β-unsaturated/α-hetero) is 1. The molecule has 0 bridgehead atoms. The van der Waals surface area contributed by atoms with Crippen LogP contribution in [0.25, 0.3) is 0 Å². The molecule has 1 aromatic rings. The van der Waals surface area contributed by atoms with Gasteiger partial charge in [-0.25, -0.2) is 0 Å². The van der Waals surface area contributed by atoms with E-state index in [0.29, 0.717) is 17.6 Å². The summed E-state index contributed by atoms with van der Waals surface area (Å²) in [6.07, 6.45) is 0.735. The average molecular weight is 214 g/mol. The zero-order chi connectivity index (χ0) is 11.5. The lowest BCUT2D eigenvalue weighted by atomic mass is 9.46. The van der Waals surface area contributed by atoms with Gasteiger partial charge >= 0.3 is 0 Å². The summed E-state index contributed by atoms with van der Waals surface area (Å²) in [4.78, 5) is 12.1. The second kappa shape index (κ2) is 2.97. The first-order valence-corrected chi connectivity index (χ1v) is 6.21. The molecule has 0 aromatic heterocycles. The molecule has 2 aliphatic carbocycles. The number of carbonyl (C=O) groups excluding carboxylic acids is 1. The lowest BCUT2D eigenvalue weighted by molar-refractivity contribution is -0.0210. The molecule has 0 amide bonds. The van der Waals surface area contributed by atoms with Crippen LogP contribution >= 0.6 is 0 Å². The summed E-state index contributed by atoms with van der Waals surface area (Å²) in [7, 11) is 0. The molecule has 0 radical (unpaired) electrons. The number of hydrogen-bond acceptors (Lipinski definition) is 1. The van der Waals surface area contributed by atoms with Crippen molar-refractivity contribution in [2.45, 2.75) is 32.6 Å². The van der Waals surface area contributed by atoms with E-state index in [0.717, 1.165) is 17.9 Å². The first kappa shape index (κ1) is 10.1. The highest BCUT2D eigenvalue weighted by molar-refractivity contribution is 6.02. The van der Waals surface area contributed by atoms with E-state index in [1.165, 1.54) is 5.56 Å². The molecule has 84 valence electrons. The third-order valence-corrected chi connectivity index (χ3v) is 5.38. The van der Waals surface area contributed by atoms with E-state index in [9.17, 15) is 4.79 Å². The topological polar surface area (TPSA) is 17.1 Å². The molecular formula is C15H18O. The lowest BCUT2D eigenvalue weighted by Crippen LogP contribution is -2.55. The van der Waals surface area contributed by atoms with E-state index in [1.54, 1.807) is 0 Å². The second-order valence-corrected chi connectivity index (χ2v) is 5.62. The zero-order valence-corrected chi connectivity index (χ0v) is 10.2. The number of benzene rings is 1. The van der Waals surface area contributed by atoms with Crippen LogP contribution in [0.2, 0.25) is 0 Å². The van der Waals surface area contributed by atoms with Gasteiger partial charge in [-0.2, -0.15) is 0 Å². The third-order valence-electron chi connectivity index (χ3n) is 5.38. The minimum atomic E-state index is 0.160. The monoisotopic (exact) mass is 214 g/mol. The van der Waals surface area contributed by atoms with E-state index in [-0.39, 0.29) is 5.41 Å². The van der Waals surface area contributed by atoms with Crippen molar-refractivity contribution in [2.75, 3.05) is 0 Å². The Labute approximate surface area is 96.9 Å². The van der Waals surface area contributed by atoms with Crippen molar-refractivity contribution in [3.63, 3.8) is 0 Å². The fourth-order valence-corrected chi connectivity index (χ4v) is 4.07. The van der Waals surface area contributed by atoms with Crippen molar-refractivity contribution in [3.05, 3.63) is 35.4 Å². The van der Waals surface area contributed by atoms with Gasteiger partial charge in [0.05, 0.1) is 0 Å². The summed E-state index contributed by atoms with van der Waals surface area (Å²) in [6.45, 7) is 6.92. The molecule has 2 unspecified atom stereocenters. The second-order valence-electron chi connectivity index (χ2n) is 5.62. The molecule has 0 aliphatic heterocycles. The Balaban J connectivity index is 2.17. The zero-order valence-electron chi connectivity index (χ0n) is 10.2. The quantitative estimate of drug-likeness (QED) is 0.646. The van der Waals surface area contributed by atoms with Crippen LogP contribution in [0.3, 0.4) is 0 Å². The van der Waals surface area contributed by atoms with Crippen molar-refractivity contribution in [2.24, 2.45) is 17.8 Å². The maximum Gasteiger partial charge on any atom is 0.164 e. The van der Waals surface area contributed by atoms with E-state index in [4.69, 9.17) is 0 Å². The van der Waals surface area contributed by atoms with Crippen molar-refractivity contribution < 1.29 is 4.79 Å². The maximum absolute atomic E-state index is 12.1. The molecule has 1 saturated carbocycles. The Bertz CT molecular complexity index is 450. The van der Waals surface area contributed by atoms with Crippen LogP contribution in [-0.4, -0.2) is 5.78 Å². The number of hydrogen-bond donors (Lipinski definition) is 0. The highest BCUT2D eigenvalue weighted by atomic mass is 16.1. The highest BCUT2D eigenvalue weighted by Crippen LogP contribution is 2.62. The van der Waals surface area contributed by atoms with Gasteiger partial charge < -0.3 is 0 Å². The molecule has 1 aromatic carbocycles. The van der Waals surface area contributed by atoms with E-state index >= 15 is 0 Å². The first-order valence-electron chi connectivity index (χ1n) is 6.21. The van der Waals surface area contributed by atoms with E-state index < -0.39 is 0 Å². The summed E-state index contributed by atoms with van der Waals surface area (Å²) >= 11 is 0. The number of ketones is 1. The summed E-state index contributed by atoms with van der Waals surface area (Å²) in [5.41, 5.74) is 2.46. The van der Waals surface area contributed by atoms with Gasteiger partial charge in [-0.05, 0) is 23.3 Å². The van der Waals surface area contributed by atoms with Crippen molar-refractivity contribution in [1.29, 1.82) is 0 Å². The standard InChI is InChI=1S/C15H18O/c1-9-10(2)15(11(9)3)8-14(16)12-6-4-5-7-13(12)15/h4-7,9-11H,8H2,1-3H3/t9?,10-,11+,15?. The highest BCUT2D eigenvalue weighted by Gasteiger charge is 2.60. The van der Waals surface area contributed by atoms with Crippen LogP contribution < -0.4 is 0 Å². The van der Waals surface area contributed by atoms with Gasteiger partial charge in [-0.15, -0.1) is 0 Å². The van der Waals surface area contributed by atoms with Gasteiger partial charge in [-0.3, -0.25) is 4.79 Å². The smallest absolute Gasteiger partial charge is 0.164 e. The molecule has 0 N–H and O–H groups in total. The van der Waals surface area contributed by atoms with E-state index in [2.05, 4.69) is 32.9 Å². The van der Waals surface area contributed by atoms with Crippen LogP contribution in [0.1, 0.15) is 43.1 Å². The van der Waals surface area contributed by atoms with Gasteiger partial charge in [0.2, 0.25) is 0 Å². The van der Waals surface area contributed by atoms with Crippen molar-refractivity contribution in [1.82, 2.24) is 0 Å². The van der Waals surface area contributed by atoms with Crippen molar-refractivity contribution >= 4 is 5.78 Å². The molecule has 3 rings (SSSR count). The molecule has 0 heterocycles. The number of fused-ring (bicyclic) bond motifs is 2. The van der Waals surface area contributed by atoms with Crippen LogP contribution in [0.4, 0.5) is 0 Å². The Hall–Kier alpha value is -1.11. The molecule has 1 fully saturated rings. The van der Waals surface area contributed by atoms with Crippen LogP contribution in [0.5, 0.6) is 0 Å². The Kier molecular flexibility index (Phi) is 1.87. The SMILES string of the molecule is CC1[C@@H](C)C2(CC(=O)c3ccccc32)[C@H]1C. The molecule has 1 nitrogen and oxygen atoms in total. The van der Waals surface area contributed by atoms with Crippen LogP contribution in [-0.2, 0) is 5.41 Å². The minimum Gasteiger partial charge on any atom is -0.294 e. The summed E-state index contributed by atoms with van der Waals surface area (Å²) < 4.78 is 0. The van der Waals surface area contributed by atoms with Crippen LogP contribution in [0.15, 0.2) is 24.3 Å². The minimum absolute atomic E-state index is 0.160. The Morgan fingerprint density at radius 3 is 2.44 bits per heavy atom. The third kappa shape index (κ3) is 0.904. The Morgan fingerprint density at radius 1 is 1.12 bits per heavy atom. The summed E-state index contributed by atoms with van der Waals surface area (Å²) in [6, 6.07) is 8.21. The molecule has 1 spiro atoms. The van der Waals surface area contributed by atoms with Gasteiger partial charge in [0.1, 0.15) is 0 Å². The average Bonchev–Trinajstić information content (AvgIpc) is 2.64.